The van der Waals surface area contributed by atoms with Crippen molar-refractivity contribution in [1.29, 1.82) is 0 Å². The first-order valence-electron chi connectivity index (χ1n) is 7.70. The molecule has 2 aromatic rings. The van der Waals surface area contributed by atoms with Crippen LogP contribution < -0.4 is 4.74 Å². The van der Waals surface area contributed by atoms with Gasteiger partial charge in [0.05, 0.1) is 18.8 Å². The molecule has 0 amide bonds. The molecule has 0 radical (unpaired) electrons. The molecule has 0 saturated carbocycles. The van der Waals surface area contributed by atoms with Crippen LogP contribution in [0.15, 0.2) is 47.4 Å². The maximum Gasteiger partial charge on any atom is 0.337 e. The number of ether oxygens (including phenoxy) is 2. The minimum absolute atomic E-state index is 0.0592. The molecular weight excluding hydrogens is 360 g/mol. The van der Waals surface area contributed by atoms with E-state index in [9.17, 15) is 23.4 Å². The van der Waals surface area contributed by atoms with Gasteiger partial charge in [0.15, 0.2) is 9.84 Å². The van der Waals surface area contributed by atoms with E-state index in [1.807, 2.05) is 0 Å². The van der Waals surface area contributed by atoms with Gasteiger partial charge < -0.3 is 19.7 Å². The number of rotatable bonds is 6. The zero-order chi connectivity index (χ0) is 19.5. The first-order chi connectivity index (χ1) is 12.1. The van der Waals surface area contributed by atoms with Crippen molar-refractivity contribution in [2.75, 3.05) is 13.4 Å². The quantitative estimate of drug-likeness (QED) is 0.738. The van der Waals surface area contributed by atoms with Gasteiger partial charge in [0.25, 0.3) is 0 Å². The third-order valence-electron chi connectivity index (χ3n) is 3.67. The van der Waals surface area contributed by atoms with Crippen molar-refractivity contribution < 1.29 is 32.9 Å². The summed E-state index contributed by atoms with van der Waals surface area (Å²) in [6.07, 6.45) is -0.947. The third-order valence-corrected chi connectivity index (χ3v) is 4.79. The van der Waals surface area contributed by atoms with E-state index in [2.05, 4.69) is 4.74 Å². The van der Waals surface area contributed by atoms with Crippen molar-refractivity contribution in [2.45, 2.75) is 24.0 Å². The highest BCUT2D eigenvalue weighted by Crippen LogP contribution is 2.31. The third kappa shape index (κ3) is 4.60. The van der Waals surface area contributed by atoms with Crippen molar-refractivity contribution in [3.63, 3.8) is 0 Å². The number of hydrogen-bond acceptors (Lipinski definition) is 7. The number of carbonyl (C=O) groups excluding carboxylic acids is 1. The molecule has 0 heterocycles. The first kappa shape index (κ1) is 19.9. The van der Waals surface area contributed by atoms with Gasteiger partial charge in [0.2, 0.25) is 0 Å². The van der Waals surface area contributed by atoms with Gasteiger partial charge in [-0.05, 0) is 42.8 Å². The molecule has 7 nitrogen and oxygen atoms in total. The fourth-order valence-electron chi connectivity index (χ4n) is 2.27. The molecule has 26 heavy (non-hydrogen) atoms. The van der Waals surface area contributed by atoms with Crippen molar-refractivity contribution in [3.8, 4) is 11.5 Å². The van der Waals surface area contributed by atoms with Crippen LogP contribution >= 0.6 is 0 Å². The summed E-state index contributed by atoms with van der Waals surface area (Å²) in [5, 5.41) is 19.2. The zero-order valence-electron chi connectivity index (χ0n) is 14.5. The lowest BCUT2D eigenvalue weighted by Gasteiger charge is -2.15. The van der Waals surface area contributed by atoms with Gasteiger partial charge in [-0.2, -0.15) is 0 Å². The predicted octanol–water partition coefficient (Wildman–Crippen LogP) is 2.08. The first-order valence-corrected chi connectivity index (χ1v) is 9.59. The maximum absolute atomic E-state index is 12.0. The van der Waals surface area contributed by atoms with E-state index in [1.165, 1.54) is 32.2 Å². The molecule has 2 atom stereocenters. The molecule has 0 aliphatic heterocycles. The lowest BCUT2D eigenvalue weighted by Crippen LogP contribution is -2.13. The fourth-order valence-corrected chi connectivity index (χ4v) is 3.08. The van der Waals surface area contributed by atoms with E-state index in [0.717, 1.165) is 6.26 Å². The summed E-state index contributed by atoms with van der Waals surface area (Å²) in [6.45, 7) is 1.47. The van der Waals surface area contributed by atoms with E-state index in [4.69, 9.17) is 4.74 Å². The highest BCUT2D eigenvalue weighted by Gasteiger charge is 2.19. The summed E-state index contributed by atoms with van der Waals surface area (Å²) >= 11 is 0. The molecule has 0 fully saturated rings. The van der Waals surface area contributed by atoms with Gasteiger partial charge in [-0.3, -0.25) is 0 Å². The number of hydrogen-bond donors (Lipinski definition) is 2. The number of methoxy groups -OCH3 is 1. The Morgan fingerprint density at radius 2 is 1.69 bits per heavy atom. The fraction of sp³-hybridized carbons (Fsp3) is 0.278. The second-order valence-corrected chi connectivity index (χ2v) is 7.77. The van der Waals surface area contributed by atoms with Crippen LogP contribution in [0.4, 0.5) is 0 Å². The Kier molecular flexibility index (Phi) is 6.01. The molecule has 0 unspecified atom stereocenters. The molecule has 8 heteroatoms. The van der Waals surface area contributed by atoms with Crippen LogP contribution in [0.25, 0.3) is 0 Å². The molecule has 0 aromatic heterocycles. The van der Waals surface area contributed by atoms with Crippen LogP contribution in [-0.2, 0) is 14.6 Å². The second kappa shape index (κ2) is 7.86. The van der Waals surface area contributed by atoms with Gasteiger partial charge in [0, 0.05) is 6.26 Å². The van der Waals surface area contributed by atoms with Crippen LogP contribution in [0.1, 0.15) is 28.9 Å². The Morgan fingerprint density at radius 3 is 2.19 bits per heavy atom. The van der Waals surface area contributed by atoms with Crippen molar-refractivity contribution >= 4 is 15.8 Å². The highest BCUT2D eigenvalue weighted by atomic mass is 32.2. The zero-order valence-corrected chi connectivity index (χ0v) is 15.4. The molecule has 0 spiro atoms. The topological polar surface area (TPSA) is 110 Å². The van der Waals surface area contributed by atoms with E-state index in [-0.39, 0.29) is 16.2 Å². The number of sulfone groups is 1. The number of aliphatic hydroxyl groups excluding tert-OH is 2. The van der Waals surface area contributed by atoms with Gasteiger partial charge in [-0.25, -0.2) is 13.2 Å². The smallest absolute Gasteiger partial charge is 0.337 e. The van der Waals surface area contributed by atoms with Crippen LogP contribution in [0.2, 0.25) is 0 Å². The number of carbonyl (C=O) groups is 1. The molecule has 2 aromatic carbocycles. The normalized spacial score (nSPS) is 13.7. The van der Waals surface area contributed by atoms with Crippen LogP contribution in [0.5, 0.6) is 11.5 Å². The largest absolute Gasteiger partial charge is 0.465 e. The van der Waals surface area contributed by atoms with Gasteiger partial charge in [0.1, 0.15) is 22.5 Å². The lowest BCUT2D eigenvalue weighted by molar-refractivity contribution is 0.0305. The standard InChI is InChI=1S/C18H20O7S/c1-11(19)17(20)12-4-7-14(8-5-12)25-15-9-6-13(18(21)24-2)10-16(15)26(3,22)23/h4-11,17,19-20H,1-3H3/t11-,17+/m1/s1. The Hall–Kier alpha value is -2.42. The molecule has 0 aliphatic rings. The summed E-state index contributed by atoms with van der Waals surface area (Å²) in [7, 11) is -2.45. The van der Waals surface area contributed by atoms with E-state index in [1.54, 1.807) is 24.3 Å². The van der Waals surface area contributed by atoms with Crippen molar-refractivity contribution in [2.24, 2.45) is 0 Å². The summed E-state index contributed by atoms with van der Waals surface area (Å²) in [6, 6.07) is 10.2. The summed E-state index contributed by atoms with van der Waals surface area (Å²) in [5.41, 5.74) is 0.590. The number of esters is 1. The van der Waals surface area contributed by atoms with Crippen LogP contribution in [0.3, 0.4) is 0 Å². The Morgan fingerprint density at radius 1 is 1.08 bits per heavy atom. The second-order valence-electron chi connectivity index (χ2n) is 5.78. The molecular formula is C18H20O7S. The number of benzene rings is 2. The van der Waals surface area contributed by atoms with Crippen molar-refractivity contribution in [3.05, 3.63) is 53.6 Å². The van der Waals surface area contributed by atoms with E-state index < -0.39 is 28.0 Å². The summed E-state index contributed by atoms with van der Waals surface area (Å²) in [4.78, 5) is 11.5. The Labute approximate surface area is 151 Å². The Balaban J connectivity index is 2.35. The average Bonchev–Trinajstić information content (AvgIpc) is 2.60. The monoisotopic (exact) mass is 380 g/mol. The minimum atomic E-state index is -3.66. The van der Waals surface area contributed by atoms with E-state index in [0.29, 0.717) is 11.3 Å². The van der Waals surface area contributed by atoms with Crippen LogP contribution in [-0.4, -0.2) is 44.1 Å². The molecule has 0 bridgehead atoms. The van der Waals surface area contributed by atoms with Gasteiger partial charge in [-0.1, -0.05) is 12.1 Å². The predicted molar refractivity (Wildman–Crippen MR) is 94.0 cm³/mol. The minimum Gasteiger partial charge on any atom is -0.465 e. The average molecular weight is 380 g/mol. The van der Waals surface area contributed by atoms with Gasteiger partial charge in [-0.15, -0.1) is 0 Å². The van der Waals surface area contributed by atoms with Crippen molar-refractivity contribution in [1.82, 2.24) is 0 Å². The van der Waals surface area contributed by atoms with Crippen LogP contribution in [0, 0.1) is 0 Å². The molecule has 140 valence electrons. The summed E-state index contributed by atoms with van der Waals surface area (Å²) < 4.78 is 34.3. The Bertz CT molecular complexity index is 886. The molecule has 2 rings (SSSR count). The molecule has 2 N–H and O–H groups in total. The van der Waals surface area contributed by atoms with Gasteiger partial charge >= 0.3 is 5.97 Å². The number of aliphatic hydroxyl groups is 2. The summed E-state index contributed by atoms with van der Waals surface area (Å²) in [5.74, 6) is -0.260. The maximum atomic E-state index is 12.0. The molecule has 0 aliphatic carbocycles. The lowest BCUT2D eigenvalue weighted by atomic mass is 10.1. The SMILES string of the molecule is COC(=O)c1ccc(Oc2ccc([C@@H](O)[C@@H](C)O)cc2)c(S(C)(=O)=O)c1. The molecule has 0 saturated heterocycles. The van der Waals surface area contributed by atoms with E-state index >= 15 is 0 Å². The highest BCUT2D eigenvalue weighted by molar-refractivity contribution is 7.90.